The van der Waals surface area contributed by atoms with Gasteiger partial charge in [-0.3, -0.25) is 14.4 Å². The van der Waals surface area contributed by atoms with Crippen molar-refractivity contribution in [2.75, 3.05) is 6.61 Å². The highest BCUT2D eigenvalue weighted by atomic mass is 16.7. The molecule has 0 aliphatic carbocycles. The third-order valence-electron chi connectivity index (χ3n) is 5.94. The van der Waals surface area contributed by atoms with Gasteiger partial charge in [-0.2, -0.15) is 0 Å². The molecule has 10 nitrogen and oxygen atoms in total. The fraction of sp³-hybridized carbons (Fsp3) is 0.667. The summed E-state index contributed by atoms with van der Waals surface area (Å²) in [5.74, 6) is -2.14. The largest absolute Gasteiger partial charge is 0.508 e. The van der Waals surface area contributed by atoms with E-state index in [1.807, 2.05) is 34.6 Å². The molecule has 3 N–H and O–H groups in total. The first kappa shape index (κ1) is 34.9. The van der Waals surface area contributed by atoms with Crippen LogP contribution >= 0.6 is 0 Å². The summed E-state index contributed by atoms with van der Waals surface area (Å²) >= 11 is 0. The Morgan fingerprint density at radius 1 is 0.900 bits per heavy atom. The SMILES string of the molecule is CCCCCC(=O)Oc1ccc(CC(N)(C[C@H](C)OC(=O)OCC(C)(C)C)C(=O)O)cc1OC(=O)CCCCC. The van der Waals surface area contributed by atoms with Gasteiger partial charge in [-0.25, -0.2) is 4.79 Å². The number of carbonyl (C=O) groups excluding carboxylic acids is 3. The fourth-order valence-corrected chi connectivity index (χ4v) is 3.84. The highest BCUT2D eigenvalue weighted by Crippen LogP contribution is 2.32. The number of carboxylic acid groups (broad SMARTS) is 1. The summed E-state index contributed by atoms with van der Waals surface area (Å²) in [6.45, 7) is 11.4. The molecule has 0 fully saturated rings. The number of nitrogens with two attached hydrogens (primary N) is 1. The first-order chi connectivity index (χ1) is 18.7. The number of esters is 2. The molecule has 0 aliphatic heterocycles. The molecule has 1 unspecified atom stereocenters. The Kier molecular flexibility index (Phi) is 14.7. The maximum atomic E-state index is 12.5. The van der Waals surface area contributed by atoms with Crippen molar-refractivity contribution < 1.29 is 43.2 Å². The second-order valence-corrected chi connectivity index (χ2v) is 11.5. The number of hydrogen-bond acceptors (Lipinski definition) is 9. The highest BCUT2D eigenvalue weighted by molar-refractivity contribution is 5.79. The Morgan fingerprint density at radius 3 is 1.95 bits per heavy atom. The molecule has 1 rings (SSSR count). The quantitative estimate of drug-likeness (QED) is 0.131. The molecule has 0 amide bonds. The molecule has 0 aliphatic rings. The molecular weight excluding hydrogens is 518 g/mol. The Hall–Kier alpha value is -3.14. The molecule has 0 aromatic heterocycles. The van der Waals surface area contributed by atoms with E-state index >= 15 is 0 Å². The van der Waals surface area contributed by atoms with E-state index in [1.54, 1.807) is 6.07 Å². The maximum Gasteiger partial charge on any atom is 0.508 e. The van der Waals surface area contributed by atoms with Crippen molar-refractivity contribution in [1.82, 2.24) is 0 Å². The van der Waals surface area contributed by atoms with Gasteiger partial charge in [0.2, 0.25) is 0 Å². The van der Waals surface area contributed by atoms with Crippen molar-refractivity contribution in [2.45, 2.75) is 117 Å². The summed E-state index contributed by atoms with van der Waals surface area (Å²) in [7, 11) is 0. The predicted octanol–water partition coefficient (Wildman–Crippen LogP) is 5.96. The molecule has 0 radical (unpaired) electrons. The first-order valence-corrected chi connectivity index (χ1v) is 14.1. The lowest BCUT2D eigenvalue weighted by Gasteiger charge is -2.28. The molecule has 1 aromatic carbocycles. The Balaban J connectivity index is 3.08. The van der Waals surface area contributed by atoms with Crippen LogP contribution in [0, 0.1) is 5.41 Å². The molecule has 0 saturated heterocycles. The molecule has 0 spiro atoms. The average molecular weight is 566 g/mol. The van der Waals surface area contributed by atoms with E-state index in [4.69, 9.17) is 24.7 Å². The van der Waals surface area contributed by atoms with Crippen LogP contribution < -0.4 is 15.2 Å². The van der Waals surface area contributed by atoms with Gasteiger partial charge in [-0.15, -0.1) is 0 Å². The molecule has 0 heterocycles. The minimum absolute atomic E-state index is 0.0191. The molecule has 0 bridgehead atoms. The standard InChI is InChI=1S/C30H47NO9/c1-7-9-11-13-25(32)39-23-16-15-22(17-24(23)40-26(33)14-12-10-8-2)19-30(31,27(34)35)18-21(3)38-28(36)37-20-29(4,5)6/h15-17,21H,7-14,18-20,31H2,1-6H3,(H,34,35)/t21-,30?/m0/s1. The number of carboxylic acids is 1. The van der Waals surface area contributed by atoms with E-state index in [-0.39, 0.29) is 49.2 Å². The Bertz CT molecular complexity index is 986. The van der Waals surface area contributed by atoms with Crippen LogP contribution in [0.2, 0.25) is 0 Å². The van der Waals surface area contributed by atoms with E-state index in [1.165, 1.54) is 19.1 Å². The lowest BCUT2D eigenvalue weighted by atomic mass is 9.86. The third-order valence-corrected chi connectivity index (χ3v) is 5.94. The van der Waals surface area contributed by atoms with Crippen LogP contribution in [-0.4, -0.2) is 47.4 Å². The average Bonchev–Trinajstić information content (AvgIpc) is 2.84. The molecule has 0 saturated carbocycles. The minimum atomic E-state index is -1.82. The monoisotopic (exact) mass is 565 g/mol. The summed E-state index contributed by atoms with van der Waals surface area (Å²) in [5.41, 5.74) is 4.66. The van der Waals surface area contributed by atoms with E-state index in [0.29, 0.717) is 18.4 Å². The highest BCUT2D eigenvalue weighted by Gasteiger charge is 2.37. The van der Waals surface area contributed by atoms with Crippen LogP contribution in [0.15, 0.2) is 18.2 Å². The van der Waals surface area contributed by atoms with Gasteiger partial charge >= 0.3 is 24.1 Å². The molecular formula is C30H47NO9. The van der Waals surface area contributed by atoms with E-state index < -0.39 is 35.7 Å². The van der Waals surface area contributed by atoms with E-state index in [0.717, 1.165) is 25.7 Å². The van der Waals surface area contributed by atoms with Gasteiger partial charge in [0, 0.05) is 25.7 Å². The van der Waals surface area contributed by atoms with Gasteiger partial charge in [0.1, 0.15) is 11.6 Å². The normalized spacial score (nSPS) is 13.6. The van der Waals surface area contributed by atoms with Crippen LogP contribution in [0.1, 0.15) is 105 Å². The maximum absolute atomic E-state index is 12.5. The molecule has 10 heteroatoms. The van der Waals surface area contributed by atoms with Gasteiger partial charge < -0.3 is 29.8 Å². The first-order valence-electron chi connectivity index (χ1n) is 14.1. The number of hydrogen-bond donors (Lipinski definition) is 2. The van der Waals surface area contributed by atoms with Crippen molar-refractivity contribution in [3.05, 3.63) is 23.8 Å². The number of aliphatic carboxylic acids is 1. The van der Waals surface area contributed by atoms with Crippen molar-refractivity contribution >= 4 is 24.1 Å². The summed E-state index contributed by atoms with van der Waals surface area (Å²) in [6.07, 6.45) is 3.27. The van der Waals surface area contributed by atoms with Crippen LogP contribution in [-0.2, 0) is 30.3 Å². The number of unbranched alkanes of at least 4 members (excludes halogenated alkanes) is 4. The molecule has 2 atom stereocenters. The van der Waals surface area contributed by atoms with Crippen molar-refractivity contribution in [2.24, 2.45) is 11.1 Å². The Morgan fingerprint density at radius 2 is 1.45 bits per heavy atom. The summed E-state index contributed by atoms with van der Waals surface area (Å²) < 4.78 is 21.3. The zero-order valence-corrected chi connectivity index (χ0v) is 24.9. The van der Waals surface area contributed by atoms with Crippen molar-refractivity contribution in [3.8, 4) is 11.5 Å². The topological polar surface area (TPSA) is 151 Å². The zero-order valence-electron chi connectivity index (χ0n) is 24.9. The Labute approximate surface area is 237 Å². The lowest BCUT2D eigenvalue weighted by molar-refractivity contribution is -0.144. The smallest absolute Gasteiger partial charge is 0.480 e. The lowest BCUT2D eigenvalue weighted by Crippen LogP contribution is -2.52. The molecule has 226 valence electrons. The van der Waals surface area contributed by atoms with Gasteiger partial charge in [0.15, 0.2) is 11.5 Å². The van der Waals surface area contributed by atoms with Gasteiger partial charge in [-0.05, 0) is 42.9 Å². The van der Waals surface area contributed by atoms with E-state index in [2.05, 4.69) is 0 Å². The summed E-state index contributed by atoms with van der Waals surface area (Å²) in [5, 5.41) is 9.95. The van der Waals surface area contributed by atoms with Gasteiger partial charge in [0.25, 0.3) is 0 Å². The second-order valence-electron chi connectivity index (χ2n) is 11.5. The number of rotatable bonds is 17. The van der Waals surface area contributed by atoms with Crippen LogP contribution in [0.25, 0.3) is 0 Å². The zero-order chi connectivity index (χ0) is 30.3. The van der Waals surface area contributed by atoms with E-state index in [9.17, 15) is 24.3 Å². The number of benzene rings is 1. The van der Waals surface area contributed by atoms with Crippen LogP contribution in [0.3, 0.4) is 0 Å². The van der Waals surface area contributed by atoms with Gasteiger partial charge in [-0.1, -0.05) is 66.4 Å². The van der Waals surface area contributed by atoms with Gasteiger partial charge in [0.05, 0.1) is 6.61 Å². The second kappa shape index (κ2) is 16.8. The number of carbonyl (C=O) groups is 4. The minimum Gasteiger partial charge on any atom is -0.480 e. The third kappa shape index (κ3) is 13.8. The molecule has 40 heavy (non-hydrogen) atoms. The molecule has 1 aromatic rings. The number of ether oxygens (including phenoxy) is 4. The van der Waals surface area contributed by atoms with Crippen molar-refractivity contribution in [1.29, 1.82) is 0 Å². The fourth-order valence-electron chi connectivity index (χ4n) is 3.84. The van der Waals surface area contributed by atoms with Crippen LogP contribution in [0.5, 0.6) is 11.5 Å². The summed E-state index contributed by atoms with van der Waals surface area (Å²) in [4.78, 5) is 49.0. The van der Waals surface area contributed by atoms with Crippen molar-refractivity contribution in [3.63, 3.8) is 0 Å². The predicted molar refractivity (Wildman–Crippen MR) is 150 cm³/mol. The summed E-state index contributed by atoms with van der Waals surface area (Å²) in [6, 6.07) is 4.49. The van der Waals surface area contributed by atoms with Crippen LogP contribution in [0.4, 0.5) is 4.79 Å².